The molecule has 1 atom stereocenters. The normalized spacial score (nSPS) is 12.2. The molecule has 0 saturated carbocycles. The zero-order chi connectivity index (χ0) is 16.9. The highest BCUT2D eigenvalue weighted by atomic mass is 16.2. The Bertz CT molecular complexity index is 820. The van der Waals surface area contributed by atoms with Crippen molar-refractivity contribution in [2.75, 3.05) is 6.54 Å². The highest BCUT2D eigenvalue weighted by Crippen LogP contribution is 2.19. The number of hydrogen-bond acceptors (Lipinski definition) is 2. The summed E-state index contributed by atoms with van der Waals surface area (Å²) in [6.45, 7) is 4.73. The predicted molar refractivity (Wildman–Crippen MR) is 97.0 cm³/mol. The molecule has 3 aromatic rings. The van der Waals surface area contributed by atoms with Gasteiger partial charge in [0.25, 0.3) is 0 Å². The van der Waals surface area contributed by atoms with Gasteiger partial charge in [0.1, 0.15) is 6.04 Å². The first-order chi connectivity index (χ1) is 11.7. The summed E-state index contributed by atoms with van der Waals surface area (Å²) in [5.74, 6) is 0.0264. The molecule has 0 saturated heterocycles. The maximum Gasteiger partial charge on any atom is 0.244 e. The number of hydrogen-bond donors (Lipinski definition) is 1. The van der Waals surface area contributed by atoms with Crippen LogP contribution in [0.5, 0.6) is 0 Å². The van der Waals surface area contributed by atoms with Crippen LogP contribution in [0.2, 0.25) is 0 Å². The summed E-state index contributed by atoms with van der Waals surface area (Å²) in [5, 5.41) is 8.53. The highest BCUT2D eigenvalue weighted by molar-refractivity contribution is 5.84. The van der Waals surface area contributed by atoms with E-state index in [0.29, 0.717) is 13.0 Å². The smallest absolute Gasteiger partial charge is 0.244 e. The first-order valence-corrected chi connectivity index (χ1v) is 8.44. The van der Waals surface area contributed by atoms with Gasteiger partial charge in [0, 0.05) is 11.9 Å². The van der Waals surface area contributed by atoms with Crippen molar-refractivity contribution >= 4 is 16.8 Å². The van der Waals surface area contributed by atoms with Gasteiger partial charge in [-0.1, -0.05) is 55.0 Å². The third-order valence-electron chi connectivity index (χ3n) is 4.32. The number of nitrogens with zero attached hydrogens (tertiary/aromatic N) is 2. The van der Waals surface area contributed by atoms with Gasteiger partial charge in [0.2, 0.25) is 5.91 Å². The van der Waals surface area contributed by atoms with Crippen LogP contribution in [0.4, 0.5) is 0 Å². The van der Waals surface area contributed by atoms with Crippen molar-refractivity contribution in [3.05, 3.63) is 65.9 Å². The minimum absolute atomic E-state index is 0.0264. The van der Waals surface area contributed by atoms with Gasteiger partial charge in [-0.2, -0.15) is 5.10 Å². The van der Waals surface area contributed by atoms with Crippen LogP contribution in [0.15, 0.2) is 54.7 Å². The van der Waals surface area contributed by atoms with E-state index in [1.54, 1.807) is 0 Å². The lowest BCUT2D eigenvalue weighted by molar-refractivity contribution is -0.124. The van der Waals surface area contributed by atoms with E-state index in [0.717, 1.165) is 17.3 Å². The third-order valence-corrected chi connectivity index (χ3v) is 4.32. The van der Waals surface area contributed by atoms with Crippen molar-refractivity contribution in [2.45, 2.75) is 32.7 Å². The summed E-state index contributed by atoms with van der Waals surface area (Å²) in [6.07, 6.45) is 3.36. The average Bonchev–Trinajstić information content (AvgIpc) is 3.02. The molecule has 0 fully saturated rings. The monoisotopic (exact) mass is 321 g/mol. The predicted octanol–water partition coefficient (Wildman–Crippen LogP) is 3.65. The van der Waals surface area contributed by atoms with Crippen LogP contribution < -0.4 is 5.32 Å². The maximum absolute atomic E-state index is 12.6. The second-order valence-corrected chi connectivity index (χ2v) is 6.10. The van der Waals surface area contributed by atoms with E-state index in [1.165, 1.54) is 11.1 Å². The molecule has 2 aromatic carbocycles. The lowest BCUT2D eigenvalue weighted by atomic mass is 10.1. The Balaban J connectivity index is 1.65. The lowest BCUT2D eigenvalue weighted by Crippen LogP contribution is -2.34. The fourth-order valence-corrected chi connectivity index (χ4v) is 2.91. The molecule has 124 valence electrons. The molecule has 0 aliphatic rings. The molecule has 0 aliphatic carbocycles. The Labute approximate surface area is 142 Å². The van der Waals surface area contributed by atoms with E-state index in [1.807, 2.05) is 42.1 Å². The second kappa shape index (κ2) is 7.30. The van der Waals surface area contributed by atoms with Crippen LogP contribution in [0.25, 0.3) is 10.9 Å². The fraction of sp³-hybridized carbons (Fsp3) is 0.300. The van der Waals surface area contributed by atoms with Crippen LogP contribution in [0.1, 0.15) is 30.5 Å². The van der Waals surface area contributed by atoms with Crippen molar-refractivity contribution in [2.24, 2.45) is 0 Å². The van der Waals surface area contributed by atoms with E-state index >= 15 is 0 Å². The van der Waals surface area contributed by atoms with Gasteiger partial charge in [-0.05, 0) is 31.4 Å². The number of fused-ring (bicyclic) bond motifs is 1. The molecule has 0 spiro atoms. The average molecular weight is 321 g/mol. The van der Waals surface area contributed by atoms with Crippen LogP contribution in [0, 0.1) is 6.92 Å². The maximum atomic E-state index is 12.6. The number of carbonyl (C=O) groups excluding carboxylic acids is 1. The molecular formula is C20H23N3O. The molecule has 1 N–H and O–H groups in total. The molecule has 1 unspecified atom stereocenters. The molecular weight excluding hydrogens is 298 g/mol. The molecule has 4 heteroatoms. The number of benzene rings is 2. The van der Waals surface area contributed by atoms with E-state index in [2.05, 4.69) is 41.6 Å². The Morgan fingerprint density at radius 3 is 2.67 bits per heavy atom. The van der Waals surface area contributed by atoms with E-state index in [9.17, 15) is 4.79 Å². The highest BCUT2D eigenvalue weighted by Gasteiger charge is 2.20. The van der Waals surface area contributed by atoms with Gasteiger partial charge in [0.15, 0.2) is 0 Å². The Hall–Kier alpha value is -2.62. The van der Waals surface area contributed by atoms with E-state index < -0.39 is 0 Å². The van der Waals surface area contributed by atoms with Crippen LogP contribution in [-0.2, 0) is 11.2 Å². The number of nitrogens with one attached hydrogen (secondary N) is 1. The molecule has 0 radical (unpaired) electrons. The van der Waals surface area contributed by atoms with Gasteiger partial charge < -0.3 is 5.32 Å². The van der Waals surface area contributed by atoms with Crippen molar-refractivity contribution in [1.29, 1.82) is 0 Å². The minimum atomic E-state index is -0.275. The fourth-order valence-electron chi connectivity index (χ4n) is 2.91. The molecule has 1 amide bonds. The summed E-state index contributed by atoms with van der Waals surface area (Å²) in [5.41, 5.74) is 3.48. The minimum Gasteiger partial charge on any atom is -0.354 e. The van der Waals surface area contributed by atoms with Crippen molar-refractivity contribution < 1.29 is 4.79 Å². The van der Waals surface area contributed by atoms with Crippen molar-refractivity contribution in [3.63, 3.8) is 0 Å². The van der Waals surface area contributed by atoms with Gasteiger partial charge in [-0.3, -0.25) is 9.48 Å². The SMILES string of the molecule is CCC(C(=O)NCCc1ccc(C)cc1)n1ncc2ccccc21. The molecule has 3 rings (SSSR count). The van der Waals surface area contributed by atoms with Gasteiger partial charge in [0.05, 0.1) is 11.7 Å². The Kier molecular flexibility index (Phi) is 4.94. The number of aromatic nitrogens is 2. The molecule has 1 aromatic heterocycles. The van der Waals surface area contributed by atoms with Gasteiger partial charge in [-0.25, -0.2) is 0 Å². The van der Waals surface area contributed by atoms with Gasteiger partial charge >= 0.3 is 0 Å². The molecule has 0 aliphatic heterocycles. The number of aryl methyl sites for hydroxylation is 1. The summed E-state index contributed by atoms with van der Waals surface area (Å²) in [7, 11) is 0. The largest absolute Gasteiger partial charge is 0.354 e. The summed E-state index contributed by atoms with van der Waals surface area (Å²) in [6, 6.07) is 16.1. The first-order valence-electron chi connectivity index (χ1n) is 8.44. The number of rotatable bonds is 6. The topological polar surface area (TPSA) is 46.9 Å². The summed E-state index contributed by atoms with van der Waals surface area (Å²) >= 11 is 0. The Morgan fingerprint density at radius 1 is 1.17 bits per heavy atom. The number of amides is 1. The molecule has 1 heterocycles. The number of carbonyl (C=O) groups is 1. The van der Waals surface area contributed by atoms with Gasteiger partial charge in [-0.15, -0.1) is 0 Å². The standard InChI is InChI=1S/C20H23N3O/c1-3-18(23-19-7-5-4-6-17(19)14-22-23)20(24)21-13-12-16-10-8-15(2)9-11-16/h4-11,14,18H,3,12-13H2,1-2H3,(H,21,24). The van der Waals surface area contributed by atoms with E-state index in [-0.39, 0.29) is 11.9 Å². The van der Waals surface area contributed by atoms with Crippen LogP contribution in [0.3, 0.4) is 0 Å². The first kappa shape index (κ1) is 16.2. The summed E-state index contributed by atoms with van der Waals surface area (Å²) < 4.78 is 1.83. The lowest BCUT2D eigenvalue weighted by Gasteiger charge is -2.16. The molecule has 4 nitrogen and oxygen atoms in total. The van der Waals surface area contributed by atoms with Crippen molar-refractivity contribution in [3.8, 4) is 0 Å². The number of para-hydroxylation sites is 1. The second-order valence-electron chi connectivity index (χ2n) is 6.10. The van der Waals surface area contributed by atoms with Crippen LogP contribution in [-0.4, -0.2) is 22.2 Å². The summed E-state index contributed by atoms with van der Waals surface area (Å²) in [4.78, 5) is 12.6. The molecule has 0 bridgehead atoms. The Morgan fingerprint density at radius 2 is 1.92 bits per heavy atom. The van der Waals surface area contributed by atoms with Crippen LogP contribution >= 0.6 is 0 Å². The zero-order valence-electron chi connectivity index (χ0n) is 14.2. The zero-order valence-corrected chi connectivity index (χ0v) is 14.2. The van der Waals surface area contributed by atoms with Crippen molar-refractivity contribution in [1.82, 2.24) is 15.1 Å². The third kappa shape index (κ3) is 3.48. The quantitative estimate of drug-likeness (QED) is 0.753. The molecule has 24 heavy (non-hydrogen) atoms. The van der Waals surface area contributed by atoms with E-state index in [4.69, 9.17) is 0 Å².